The summed E-state index contributed by atoms with van der Waals surface area (Å²) in [5.41, 5.74) is 0.396. The summed E-state index contributed by atoms with van der Waals surface area (Å²) in [6, 6.07) is 4.42. The lowest BCUT2D eigenvalue weighted by atomic mass is 10.2. The number of nitrogens with zero attached hydrogens (tertiary/aromatic N) is 1. The van der Waals surface area contributed by atoms with Crippen LogP contribution in [-0.2, 0) is 13.6 Å². The molecule has 108 valence electrons. The van der Waals surface area contributed by atoms with Gasteiger partial charge in [0.1, 0.15) is 0 Å². The van der Waals surface area contributed by atoms with Crippen molar-refractivity contribution in [1.82, 2.24) is 4.98 Å². The Morgan fingerprint density at radius 3 is 2.50 bits per heavy atom. The van der Waals surface area contributed by atoms with Crippen LogP contribution in [0.2, 0.25) is 0 Å². The third kappa shape index (κ3) is 2.60. The predicted molar refractivity (Wildman–Crippen MR) is 75.4 cm³/mol. The minimum atomic E-state index is -3.54. The smallest absolute Gasteiger partial charge is 0.361 e. The summed E-state index contributed by atoms with van der Waals surface area (Å²) in [6.45, 7) is 3.75. The van der Waals surface area contributed by atoms with Gasteiger partial charge < -0.3 is 14.0 Å². The van der Waals surface area contributed by atoms with Crippen LogP contribution in [0.25, 0.3) is 10.9 Å². The molecule has 0 saturated heterocycles. The highest BCUT2D eigenvalue weighted by Gasteiger charge is 2.30. The van der Waals surface area contributed by atoms with E-state index in [-0.39, 0.29) is 24.2 Å². The number of nitro benzene ring substituents is 1. The second-order valence-corrected chi connectivity index (χ2v) is 6.02. The van der Waals surface area contributed by atoms with Crippen LogP contribution in [0.3, 0.4) is 0 Å². The van der Waals surface area contributed by atoms with Gasteiger partial charge in [0.2, 0.25) is 0 Å². The standard InChI is InChI=1S/C12H15N2O5P/c1-3-18-20(17,19-4-2)9-7-11-10(5-6-13-11)12(8-9)14(15)16/h5-8,13H,3-4H2,1-2H3. The zero-order valence-corrected chi connectivity index (χ0v) is 12.1. The maximum Gasteiger partial charge on any atom is 0.361 e. The normalized spacial score (nSPS) is 11.9. The number of nitro groups is 1. The fourth-order valence-corrected chi connectivity index (χ4v) is 3.59. The van der Waals surface area contributed by atoms with Crippen LogP contribution < -0.4 is 5.30 Å². The van der Waals surface area contributed by atoms with Gasteiger partial charge in [-0.25, -0.2) is 0 Å². The van der Waals surface area contributed by atoms with E-state index in [4.69, 9.17) is 9.05 Å². The lowest BCUT2D eigenvalue weighted by molar-refractivity contribution is -0.383. The number of H-pyrrole nitrogens is 1. The van der Waals surface area contributed by atoms with Crippen LogP contribution >= 0.6 is 7.60 Å². The first-order valence-electron chi connectivity index (χ1n) is 6.17. The quantitative estimate of drug-likeness (QED) is 0.502. The fraction of sp³-hybridized carbons (Fsp3) is 0.333. The van der Waals surface area contributed by atoms with E-state index in [9.17, 15) is 14.7 Å². The Morgan fingerprint density at radius 2 is 1.95 bits per heavy atom. The monoisotopic (exact) mass is 298 g/mol. The summed E-state index contributed by atoms with van der Waals surface area (Å²) in [4.78, 5) is 13.5. The topological polar surface area (TPSA) is 94.5 Å². The van der Waals surface area contributed by atoms with Crippen LogP contribution in [0.4, 0.5) is 5.69 Å². The summed E-state index contributed by atoms with van der Waals surface area (Å²) < 4.78 is 23.1. The van der Waals surface area contributed by atoms with Crippen molar-refractivity contribution in [2.45, 2.75) is 13.8 Å². The molecule has 0 bridgehead atoms. The summed E-state index contributed by atoms with van der Waals surface area (Å²) in [6.07, 6.45) is 1.59. The van der Waals surface area contributed by atoms with Crippen LogP contribution in [0.5, 0.6) is 0 Å². The molecular formula is C12H15N2O5P. The molecule has 0 saturated carbocycles. The van der Waals surface area contributed by atoms with E-state index < -0.39 is 12.5 Å². The van der Waals surface area contributed by atoms with Crippen molar-refractivity contribution >= 4 is 29.5 Å². The summed E-state index contributed by atoms with van der Waals surface area (Å²) in [7, 11) is -3.54. The van der Waals surface area contributed by atoms with Gasteiger partial charge in [-0.15, -0.1) is 0 Å². The number of hydrogen-bond donors (Lipinski definition) is 1. The van der Waals surface area contributed by atoms with Crippen molar-refractivity contribution in [2.24, 2.45) is 0 Å². The molecule has 8 heteroatoms. The van der Waals surface area contributed by atoms with Crippen molar-refractivity contribution in [2.75, 3.05) is 13.2 Å². The molecule has 0 radical (unpaired) electrons. The number of benzene rings is 1. The molecule has 0 aliphatic carbocycles. The van der Waals surface area contributed by atoms with E-state index in [2.05, 4.69) is 4.98 Å². The van der Waals surface area contributed by atoms with E-state index in [1.54, 1.807) is 32.2 Å². The second kappa shape index (κ2) is 5.75. The van der Waals surface area contributed by atoms with E-state index >= 15 is 0 Å². The molecule has 20 heavy (non-hydrogen) atoms. The molecule has 1 aromatic carbocycles. The Balaban J connectivity index is 2.64. The molecule has 1 N–H and O–H groups in total. The highest BCUT2D eigenvalue weighted by molar-refractivity contribution is 7.62. The van der Waals surface area contributed by atoms with E-state index in [0.717, 1.165) is 0 Å². The Labute approximate surface area is 115 Å². The lowest BCUT2D eigenvalue weighted by Crippen LogP contribution is -2.11. The highest BCUT2D eigenvalue weighted by Crippen LogP contribution is 2.48. The molecule has 2 rings (SSSR count). The number of aromatic amines is 1. The SMILES string of the molecule is CCOP(=O)(OCC)c1cc([N+](=O)[O-])c2cc[nH]c2c1. The Hall–Kier alpha value is -1.69. The molecule has 2 aromatic rings. The molecule has 0 unspecified atom stereocenters. The Bertz CT molecular complexity index is 672. The largest absolute Gasteiger partial charge is 0.361 e. The molecular weight excluding hydrogens is 283 g/mol. The molecule has 7 nitrogen and oxygen atoms in total. The van der Waals surface area contributed by atoms with Gasteiger partial charge in [-0.1, -0.05) is 0 Å². The third-order valence-corrected chi connectivity index (χ3v) is 4.83. The lowest BCUT2D eigenvalue weighted by Gasteiger charge is -2.17. The van der Waals surface area contributed by atoms with Crippen LogP contribution in [0, 0.1) is 10.1 Å². The minimum Gasteiger partial charge on any atom is -0.361 e. The van der Waals surface area contributed by atoms with Crippen molar-refractivity contribution in [1.29, 1.82) is 0 Å². The van der Waals surface area contributed by atoms with Crippen LogP contribution in [0.15, 0.2) is 24.4 Å². The predicted octanol–water partition coefficient (Wildman–Crippen LogP) is 2.97. The first-order chi connectivity index (χ1) is 9.51. The van der Waals surface area contributed by atoms with Crippen molar-refractivity contribution in [3.05, 3.63) is 34.5 Å². The number of aromatic nitrogens is 1. The maximum atomic E-state index is 12.7. The van der Waals surface area contributed by atoms with E-state index in [0.29, 0.717) is 10.9 Å². The van der Waals surface area contributed by atoms with Crippen LogP contribution in [-0.4, -0.2) is 23.1 Å². The van der Waals surface area contributed by atoms with E-state index in [1.807, 2.05) is 0 Å². The zero-order chi connectivity index (χ0) is 14.8. The Morgan fingerprint density at radius 1 is 1.30 bits per heavy atom. The van der Waals surface area contributed by atoms with Crippen molar-refractivity contribution in [3.8, 4) is 0 Å². The van der Waals surface area contributed by atoms with Gasteiger partial charge in [0.05, 0.1) is 34.3 Å². The fourth-order valence-electron chi connectivity index (χ4n) is 1.97. The number of rotatable bonds is 6. The van der Waals surface area contributed by atoms with Gasteiger partial charge >= 0.3 is 7.60 Å². The van der Waals surface area contributed by atoms with Gasteiger partial charge in [0.25, 0.3) is 5.69 Å². The summed E-state index contributed by atoms with van der Waals surface area (Å²) in [5, 5.41) is 11.8. The molecule has 0 spiro atoms. The minimum absolute atomic E-state index is 0.126. The summed E-state index contributed by atoms with van der Waals surface area (Å²) >= 11 is 0. The molecule has 0 aliphatic heterocycles. The van der Waals surface area contributed by atoms with Crippen molar-refractivity contribution in [3.63, 3.8) is 0 Å². The van der Waals surface area contributed by atoms with Gasteiger partial charge in [-0.2, -0.15) is 0 Å². The zero-order valence-electron chi connectivity index (χ0n) is 11.2. The highest BCUT2D eigenvalue weighted by atomic mass is 31.2. The first-order valence-corrected chi connectivity index (χ1v) is 7.71. The van der Waals surface area contributed by atoms with Gasteiger partial charge in [-0.05, 0) is 26.0 Å². The number of non-ortho nitro benzene ring substituents is 1. The van der Waals surface area contributed by atoms with Gasteiger partial charge in [-0.3, -0.25) is 14.7 Å². The molecule has 1 aromatic heterocycles. The molecule has 0 atom stereocenters. The Kier molecular flexibility index (Phi) is 4.23. The number of nitrogens with one attached hydrogen (secondary N) is 1. The van der Waals surface area contributed by atoms with E-state index in [1.165, 1.54) is 6.07 Å². The molecule has 1 heterocycles. The maximum absolute atomic E-state index is 12.7. The van der Waals surface area contributed by atoms with Gasteiger partial charge in [0, 0.05) is 12.3 Å². The average molecular weight is 298 g/mol. The average Bonchev–Trinajstić information content (AvgIpc) is 2.85. The third-order valence-electron chi connectivity index (χ3n) is 2.74. The number of hydrogen-bond acceptors (Lipinski definition) is 5. The second-order valence-electron chi connectivity index (χ2n) is 3.99. The van der Waals surface area contributed by atoms with Gasteiger partial charge in [0.15, 0.2) is 0 Å². The van der Waals surface area contributed by atoms with Crippen molar-refractivity contribution < 1.29 is 18.5 Å². The first kappa shape index (κ1) is 14.7. The van der Waals surface area contributed by atoms with Crippen LogP contribution in [0.1, 0.15) is 13.8 Å². The number of fused-ring (bicyclic) bond motifs is 1. The molecule has 0 aliphatic rings. The molecule has 0 fully saturated rings. The summed E-state index contributed by atoms with van der Waals surface area (Å²) in [5.74, 6) is 0. The molecule has 0 amide bonds.